The summed E-state index contributed by atoms with van der Waals surface area (Å²) >= 11 is 0. The van der Waals surface area contributed by atoms with Crippen LogP contribution in [0.5, 0.6) is 11.5 Å². The molecule has 8 nitrogen and oxygen atoms in total. The number of benzene rings is 3. The predicted octanol–water partition coefficient (Wildman–Crippen LogP) is 1.99. The van der Waals surface area contributed by atoms with Crippen molar-refractivity contribution >= 4 is 38.7 Å². The number of para-hydroxylation sites is 1. The fourth-order valence-corrected chi connectivity index (χ4v) is 4.97. The van der Waals surface area contributed by atoms with Gasteiger partial charge in [0.25, 0.3) is 10.0 Å². The van der Waals surface area contributed by atoms with Crippen molar-refractivity contribution in [1.82, 2.24) is 9.71 Å². The van der Waals surface area contributed by atoms with Gasteiger partial charge in [-0.25, -0.2) is 13.1 Å². The van der Waals surface area contributed by atoms with Crippen LogP contribution >= 0.6 is 0 Å². The molecule has 0 atom stereocenters. The summed E-state index contributed by atoms with van der Waals surface area (Å²) in [4.78, 5) is 29.2. The Morgan fingerprint density at radius 1 is 0.949 bits per heavy atom. The van der Waals surface area contributed by atoms with E-state index in [0.29, 0.717) is 23.5 Å². The van der Waals surface area contributed by atoms with Gasteiger partial charge >= 0.3 is 29.6 Å². The van der Waals surface area contributed by atoms with E-state index in [-0.39, 0.29) is 52.2 Å². The van der Waals surface area contributed by atoms with Gasteiger partial charge in [-0.2, -0.15) is 0 Å². The van der Waals surface area contributed by atoms with Gasteiger partial charge in [0, 0.05) is 29.2 Å². The number of ketones is 1. The summed E-state index contributed by atoms with van der Waals surface area (Å²) in [7, 11) is -0.902. The monoisotopic (exact) mass is 554 g/mol. The first-order chi connectivity index (χ1) is 18.2. The summed E-state index contributed by atoms with van der Waals surface area (Å²) < 4.78 is 37.9. The minimum atomic E-state index is -4.00. The molecule has 0 spiro atoms. The number of carbonyl (C=O) groups is 2. The zero-order chi connectivity index (χ0) is 27.3. The van der Waals surface area contributed by atoms with Gasteiger partial charge in [0.2, 0.25) is 5.91 Å². The molecule has 1 aromatic heterocycles. The predicted molar refractivity (Wildman–Crippen MR) is 146 cm³/mol. The summed E-state index contributed by atoms with van der Waals surface area (Å²) in [6, 6.07) is 18.7. The van der Waals surface area contributed by atoms with E-state index in [2.05, 4.69) is 0 Å². The molecule has 39 heavy (non-hydrogen) atoms. The normalized spacial score (nSPS) is 11.3. The van der Waals surface area contributed by atoms with E-state index in [1.165, 1.54) is 37.5 Å². The molecule has 196 valence electrons. The largest absolute Gasteiger partial charge is 1.00 e. The Bertz CT molecular complexity index is 1590. The molecular weight excluding hydrogens is 527 g/mol. The second kappa shape index (κ2) is 13.1. The van der Waals surface area contributed by atoms with Crippen molar-refractivity contribution in [3.05, 3.63) is 83.9 Å². The SMILES string of the molecule is CCCC(=O)NS(=O)(=O)c1ccc(C(=O)/C=C/c2cc(-c3cc4ccccc4[n-]3)c(OC)cc2OC)cc1.[Na+]. The van der Waals surface area contributed by atoms with Crippen LogP contribution in [-0.2, 0) is 14.8 Å². The number of ether oxygens (including phenoxy) is 2. The van der Waals surface area contributed by atoms with Crippen molar-refractivity contribution in [1.29, 1.82) is 0 Å². The summed E-state index contributed by atoms with van der Waals surface area (Å²) in [5, 5.41) is 1.00. The second-order valence-electron chi connectivity index (χ2n) is 8.50. The number of aromatic nitrogens is 1. The van der Waals surface area contributed by atoms with Crippen LogP contribution < -0.4 is 48.7 Å². The zero-order valence-corrected chi connectivity index (χ0v) is 25.0. The van der Waals surface area contributed by atoms with Crippen molar-refractivity contribution < 1.29 is 57.0 Å². The van der Waals surface area contributed by atoms with Crippen LogP contribution in [0.4, 0.5) is 0 Å². The van der Waals surface area contributed by atoms with Gasteiger partial charge in [-0.15, -0.1) is 11.2 Å². The number of nitrogens with one attached hydrogen (secondary N) is 1. The molecule has 0 saturated heterocycles. The van der Waals surface area contributed by atoms with Gasteiger partial charge in [-0.3, -0.25) is 9.59 Å². The second-order valence-corrected chi connectivity index (χ2v) is 10.2. The number of sulfonamides is 1. The number of hydrogen-bond acceptors (Lipinski definition) is 6. The van der Waals surface area contributed by atoms with Crippen molar-refractivity contribution in [2.45, 2.75) is 24.7 Å². The molecule has 4 aromatic rings. The van der Waals surface area contributed by atoms with E-state index in [4.69, 9.17) is 14.5 Å². The smallest absolute Gasteiger partial charge is 0.657 e. The molecule has 3 aromatic carbocycles. The molecule has 0 aliphatic heterocycles. The van der Waals surface area contributed by atoms with Crippen LogP contribution in [0.2, 0.25) is 0 Å². The van der Waals surface area contributed by atoms with Crippen LogP contribution in [0, 0.1) is 0 Å². The molecule has 0 saturated carbocycles. The summed E-state index contributed by atoms with van der Waals surface area (Å²) in [5.41, 5.74) is 3.27. The Hall–Kier alpha value is -3.37. The fraction of sp³-hybridized carbons (Fsp3) is 0.172. The van der Waals surface area contributed by atoms with E-state index in [0.717, 1.165) is 22.2 Å². The molecule has 4 rings (SSSR count). The van der Waals surface area contributed by atoms with Gasteiger partial charge in [-0.05, 0) is 54.3 Å². The standard InChI is InChI=1S/C29H27N2O6S.Na/c1-4-7-29(33)31-38(34,35)22-13-10-19(11-14-22)26(32)15-12-21-16-23(28(37-3)18-27(21)36-2)25-17-20-8-5-6-9-24(20)30-25;/h5-6,8-18H,4,7H2,1-3H3,(H,31,33);/q-1;+1/b15-12+;. The van der Waals surface area contributed by atoms with Crippen LogP contribution in [0.1, 0.15) is 35.7 Å². The van der Waals surface area contributed by atoms with Gasteiger partial charge in [0.05, 0.1) is 19.1 Å². The molecule has 1 N–H and O–H groups in total. The zero-order valence-electron chi connectivity index (χ0n) is 22.2. The average Bonchev–Trinajstić information content (AvgIpc) is 3.35. The van der Waals surface area contributed by atoms with E-state index in [1.807, 2.05) is 41.1 Å². The Balaban J connectivity index is 0.00000420. The van der Waals surface area contributed by atoms with E-state index in [1.54, 1.807) is 26.2 Å². The maximum atomic E-state index is 12.9. The molecule has 0 unspecified atom stereocenters. The van der Waals surface area contributed by atoms with E-state index in [9.17, 15) is 18.0 Å². The maximum absolute atomic E-state index is 12.9. The first-order valence-corrected chi connectivity index (χ1v) is 13.4. The first-order valence-electron chi connectivity index (χ1n) is 11.9. The van der Waals surface area contributed by atoms with Gasteiger partial charge in [0.1, 0.15) is 11.5 Å². The van der Waals surface area contributed by atoms with Gasteiger partial charge in [-0.1, -0.05) is 37.3 Å². The molecule has 1 heterocycles. The van der Waals surface area contributed by atoms with Gasteiger partial charge < -0.3 is 14.5 Å². The molecular formula is C29H27N2NaO6S. The Morgan fingerprint density at radius 2 is 1.64 bits per heavy atom. The molecule has 0 fully saturated rings. The quantitative estimate of drug-likeness (QED) is 0.181. The summed E-state index contributed by atoms with van der Waals surface area (Å²) in [6.45, 7) is 1.78. The van der Waals surface area contributed by atoms with Crippen molar-refractivity contribution in [2.24, 2.45) is 0 Å². The van der Waals surface area contributed by atoms with Crippen LogP contribution in [0.3, 0.4) is 0 Å². The summed E-state index contributed by atoms with van der Waals surface area (Å²) in [6.07, 6.45) is 3.65. The van der Waals surface area contributed by atoms with Gasteiger partial charge in [0.15, 0.2) is 5.78 Å². The molecule has 0 radical (unpaired) electrons. The molecule has 10 heteroatoms. The topological polar surface area (TPSA) is 113 Å². The number of hydrogen-bond donors (Lipinski definition) is 1. The van der Waals surface area contributed by atoms with Crippen molar-refractivity contribution in [3.63, 3.8) is 0 Å². The number of methoxy groups -OCH3 is 2. The Kier molecular flexibility index (Phi) is 10.2. The van der Waals surface area contributed by atoms with Crippen LogP contribution in [0.15, 0.2) is 77.7 Å². The first kappa shape index (κ1) is 30.2. The number of nitrogens with zero attached hydrogens (tertiary/aromatic N) is 1. The third-order valence-corrected chi connectivity index (χ3v) is 7.28. The third kappa shape index (κ3) is 6.99. The molecule has 1 amide bonds. The van der Waals surface area contributed by atoms with Crippen LogP contribution in [0.25, 0.3) is 28.2 Å². The van der Waals surface area contributed by atoms with E-state index >= 15 is 0 Å². The van der Waals surface area contributed by atoms with Crippen molar-refractivity contribution in [3.8, 4) is 22.8 Å². The molecule has 0 aliphatic rings. The number of amides is 1. The Labute approximate surface area is 249 Å². The fourth-order valence-electron chi connectivity index (χ4n) is 3.96. The minimum absolute atomic E-state index is 0. The van der Waals surface area contributed by atoms with E-state index < -0.39 is 15.9 Å². The third-order valence-electron chi connectivity index (χ3n) is 5.89. The average molecular weight is 555 g/mol. The Morgan fingerprint density at radius 3 is 2.28 bits per heavy atom. The number of rotatable bonds is 10. The number of carbonyl (C=O) groups excluding carboxylic acids is 2. The molecule has 0 aliphatic carbocycles. The van der Waals surface area contributed by atoms with Crippen molar-refractivity contribution in [2.75, 3.05) is 14.2 Å². The van der Waals surface area contributed by atoms with Crippen LogP contribution in [-0.4, -0.2) is 34.3 Å². The minimum Gasteiger partial charge on any atom is -0.657 e. The summed E-state index contributed by atoms with van der Waals surface area (Å²) in [5.74, 6) is 0.181. The number of allylic oxidation sites excluding steroid dienone is 1. The maximum Gasteiger partial charge on any atom is 1.00 e. The molecule has 0 bridgehead atoms. The number of fused-ring (bicyclic) bond motifs is 1.